The summed E-state index contributed by atoms with van der Waals surface area (Å²) in [6.45, 7) is 2.33. The van der Waals surface area contributed by atoms with Gasteiger partial charge in [0.2, 0.25) is 5.91 Å². The number of nitrogens with zero attached hydrogens (tertiary/aromatic N) is 2. The normalized spacial score (nSPS) is 27.0. The van der Waals surface area contributed by atoms with Gasteiger partial charge >= 0.3 is 0 Å². The molecule has 1 aromatic carbocycles. The van der Waals surface area contributed by atoms with Crippen LogP contribution in [0.5, 0.6) is 0 Å². The predicted molar refractivity (Wildman–Crippen MR) is 107 cm³/mol. The van der Waals surface area contributed by atoms with Crippen molar-refractivity contribution in [2.45, 2.75) is 50.3 Å². The molecule has 6 heteroatoms. The number of halogens is 2. The fourth-order valence-electron chi connectivity index (χ4n) is 3.96. The molecule has 2 fully saturated rings. The summed E-state index contributed by atoms with van der Waals surface area (Å²) in [5.74, 6) is 0.182. The van der Waals surface area contributed by atoms with Crippen LogP contribution >= 0.6 is 31.9 Å². The number of carbonyl (C=O) groups is 1. The predicted octanol–water partition coefficient (Wildman–Crippen LogP) is 3.85. The maximum Gasteiger partial charge on any atom is 0.227 e. The Hall–Kier alpha value is -0.430. The van der Waals surface area contributed by atoms with Gasteiger partial charge in [-0.15, -0.1) is 0 Å². The first kappa shape index (κ1) is 19.3. The fraction of sp³-hybridized carbons (Fsp3) is 0.632. The molecule has 4 nitrogen and oxygen atoms in total. The van der Waals surface area contributed by atoms with Crippen molar-refractivity contribution >= 4 is 37.8 Å². The number of hydrogen-bond acceptors (Lipinski definition) is 3. The molecule has 3 rings (SSSR count). The van der Waals surface area contributed by atoms with Gasteiger partial charge in [0.25, 0.3) is 0 Å². The second-order valence-electron chi connectivity index (χ2n) is 7.12. The zero-order valence-corrected chi connectivity index (χ0v) is 18.1. The van der Waals surface area contributed by atoms with Crippen LogP contribution in [0.2, 0.25) is 0 Å². The molecule has 1 aliphatic carbocycles. The summed E-state index contributed by atoms with van der Waals surface area (Å²) in [7, 11) is 3.75. The molecule has 0 radical (unpaired) electrons. The monoisotopic (exact) mass is 472 g/mol. The lowest BCUT2D eigenvalue weighted by Crippen LogP contribution is -2.59. The zero-order chi connectivity index (χ0) is 18.0. The third kappa shape index (κ3) is 4.46. The molecule has 1 aromatic rings. The SMILES string of the molecule is COC1CCC(N2CCC2)C(N(C)C(=O)Cc2ccc(Br)c(Br)c2)C1. The van der Waals surface area contributed by atoms with Gasteiger partial charge < -0.3 is 9.64 Å². The highest BCUT2D eigenvalue weighted by Gasteiger charge is 2.39. The van der Waals surface area contributed by atoms with Gasteiger partial charge in [0.05, 0.1) is 12.5 Å². The lowest BCUT2D eigenvalue weighted by Gasteiger charge is -2.48. The van der Waals surface area contributed by atoms with Crippen LogP contribution < -0.4 is 0 Å². The zero-order valence-electron chi connectivity index (χ0n) is 14.9. The van der Waals surface area contributed by atoms with Crippen molar-refractivity contribution in [3.63, 3.8) is 0 Å². The molecule has 1 heterocycles. The van der Waals surface area contributed by atoms with E-state index in [1.54, 1.807) is 7.11 Å². The van der Waals surface area contributed by atoms with Gasteiger partial charge in [-0.3, -0.25) is 9.69 Å². The van der Waals surface area contributed by atoms with Gasteiger partial charge in [0, 0.05) is 35.2 Å². The van der Waals surface area contributed by atoms with Crippen molar-refractivity contribution in [1.82, 2.24) is 9.80 Å². The molecule has 1 saturated heterocycles. The molecule has 0 aromatic heterocycles. The molecule has 0 bridgehead atoms. The Kier molecular flexibility index (Phi) is 6.58. The molecule has 138 valence electrons. The van der Waals surface area contributed by atoms with Crippen molar-refractivity contribution < 1.29 is 9.53 Å². The van der Waals surface area contributed by atoms with Gasteiger partial charge in [0.15, 0.2) is 0 Å². The Labute approximate surface area is 167 Å². The Balaban J connectivity index is 1.69. The number of hydrogen-bond donors (Lipinski definition) is 0. The standard InChI is InChI=1S/C19H26Br2N2O2/c1-22(19(24)11-13-4-6-15(20)16(21)10-13)18-12-14(25-2)5-7-17(18)23-8-3-9-23/h4,6,10,14,17-18H,3,5,7-9,11-12H2,1-2H3. The van der Waals surface area contributed by atoms with E-state index >= 15 is 0 Å². The quantitative estimate of drug-likeness (QED) is 0.650. The van der Waals surface area contributed by atoms with Crippen LogP contribution in [0, 0.1) is 0 Å². The largest absolute Gasteiger partial charge is 0.381 e. The number of likely N-dealkylation sites (tertiary alicyclic amines) is 1. The van der Waals surface area contributed by atoms with Crippen molar-refractivity contribution in [3.8, 4) is 0 Å². The molecule has 0 N–H and O–H groups in total. The van der Waals surface area contributed by atoms with E-state index in [0.717, 1.165) is 33.8 Å². The van der Waals surface area contributed by atoms with E-state index in [9.17, 15) is 4.79 Å². The van der Waals surface area contributed by atoms with Gasteiger partial charge in [-0.2, -0.15) is 0 Å². The Morgan fingerprint density at radius 3 is 2.64 bits per heavy atom. The summed E-state index contributed by atoms with van der Waals surface area (Å²) in [5.41, 5.74) is 1.03. The minimum atomic E-state index is 0.182. The molecule has 0 spiro atoms. The number of likely N-dealkylation sites (N-methyl/N-ethyl adjacent to an activating group) is 1. The van der Waals surface area contributed by atoms with E-state index in [1.165, 1.54) is 19.5 Å². The first-order chi connectivity index (χ1) is 12.0. The highest BCUT2D eigenvalue weighted by Crippen LogP contribution is 2.31. The number of rotatable bonds is 5. The van der Waals surface area contributed by atoms with Crippen molar-refractivity contribution in [2.24, 2.45) is 0 Å². The second kappa shape index (κ2) is 8.51. The van der Waals surface area contributed by atoms with E-state index in [1.807, 2.05) is 30.1 Å². The molecule has 1 saturated carbocycles. The second-order valence-corrected chi connectivity index (χ2v) is 8.83. The lowest BCUT2D eigenvalue weighted by atomic mass is 9.84. The average Bonchev–Trinajstić information content (AvgIpc) is 2.56. The van der Waals surface area contributed by atoms with Crippen LogP contribution in [0.1, 0.15) is 31.2 Å². The first-order valence-corrected chi connectivity index (χ1v) is 10.5. The van der Waals surface area contributed by atoms with E-state index < -0.39 is 0 Å². The van der Waals surface area contributed by atoms with Crippen molar-refractivity contribution in [1.29, 1.82) is 0 Å². The lowest BCUT2D eigenvalue weighted by molar-refractivity contribution is -0.135. The fourth-order valence-corrected chi connectivity index (χ4v) is 4.63. The van der Waals surface area contributed by atoms with Crippen LogP contribution in [0.3, 0.4) is 0 Å². The van der Waals surface area contributed by atoms with E-state index in [2.05, 4.69) is 36.8 Å². The van der Waals surface area contributed by atoms with Crippen molar-refractivity contribution in [2.75, 3.05) is 27.2 Å². The number of amides is 1. The van der Waals surface area contributed by atoms with Crippen LogP contribution in [-0.4, -0.2) is 61.1 Å². The van der Waals surface area contributed by atoms with Gasteiger partial charge in [-0.25, -0.2) is 0 Å². The molecular formula is C19H26Br2N2O2. The van der Waals surface area contributed by atoms with E-state index in [-0.39, 0.29) is 18.1 Å². The maximum atomic E-state index is 12.9. The summed E-state index contributed by atoms with van der Waals surface area (Å²) < 4.78 is 7.60. The minimum Gasteiger partial charge on any atom is -0.381 e. The summed E-state index contributed by atoms with van der Waals surface area (Å²) >= 11 is 7.00. The van der Waals surface area contributed by atoms with Crippen molar-refractivity contribution in [3.05, 3.63) is 32.7 Å². The third-order valence-electron chi connectivity index (χ3n) is 5.66. The van der Waals surface area contributed by atoms with Crippen LogP contribution in [-0.2, 0) is 16.0 Å². The molecule has 3 atom stereocenters. The summed E-state index contributed by atoms with van der Waals surface area (Å²) in [6.07, 6.45) is 5.12. The summed E-state index contributed by atoms with van der Waals surface area (Å²) in [4.78, 5) is 17.4. The smallest absolute Gasteiger partial charge is 0.227 e. The summed E-state index contributed by atoms with van der Waals surface area (Å²) in [6, 6.07) is 6.72. The van der Waals surface area contributed by atoms with Gasteiger partial charge in [0.1, 0.15) is 0 Å². The van der Waals surface area contributed by atoms with Crippen LogP contribution in [0.4, 0.5) is 0 Å². The highest BCUT2D eigenvalue weighted by molar-refractivity contribution is 9.13. The molecule has 25 heavy (non-hydrogen) atoms. The molecule has 1 amide bonds. The number of carbonyl (C=O) groups excluding carboxylic acids is 1. The average molecular weight is 474 g/mol. The van der Waals surface area contributed by atoms with E-state index in [0.29, 0.717) is 12.5 Å². The number of methoxy groups -OCH3 is 1. The Bertz CT molecular complexity index is 621. The number of ether oxygens (including phenoxy) is 1. The maximum absolute atomic E-state index is 12.9. The molecule has 2 aliphatic rings. The van der Waals surface area contributed by atoms with Crippen LogP contribution in [0.15, 0.2) is 27.1 Å². The van der Waals surface area contributed by atoms with E-state index in [4.69, 9.17) is 4.74 Å². The Morgan fingerprint density at radius 1 is 1.28 bits per heavy atom. The van der Waals surface area contributed by atoms with Crippen LogP contribution in [0.25, 0.3) is 0 Å². The molecule has 1 aliphatic heterocycles. The molecular weight excluding hydrogens is 448 g/mol. The molecule has 3 unspecified atom stereocenters. The third-order valence-corrected chi connectivity index (χ3v) is 7.54. The summed E-state index contributed by atoms with van der Waals surface area (Å²) in [5, 5.41) is 0. The highest BCUT2D eigenvalue weighted by atomic mass is 79.9. The Morgan fingerprint density at radius 2 is 2.04 bits per heavy atom. The first-order valence-electron chi connectivity index (χ1n) is 8.96. The topological polar surface area (TPSA) is 32.8 Å². The minimum absolute atomic E-state index is 0.182. The van der Waals surface area contributed by atoms with Gasteiger partial charge in [-0.1, -0.05) is 6.07 Å². The van der Waals surface area contributed by atoms with Gasteiger partial charge in [-0.05, 0) is 88.3 Å². The number of benzene rings is 1.